The van der Waals surface area contributed by atoms with E-state index >= 15 is 0 Å². The number of amides is 3. The molecule has 1 aromatic rings. The molecule has 0 aromatic heterocycles. The topological polar surface area (TPSA) is 58.6 Å². The lowest BCUT2D eigenvalue weighted by atomic mass is 9.73. The molecular weight excluding hydrogens is 351 g/mol. The molecule has 1 heterocycles. The smallest absolute Gasteiger partial charge is 0.325 e. The fraction of sp³-hybridized carbons (Fsp3) is 0.529. The zero-order chi connectivity index (χ0) is 17.3. The third kappa shape index (κ3) is 3.07. The molecule has 3 amide bonds. The normalized spacial score (nSPS) is 26.8. The largest absolute Gasteiger partial charge is 0.490 e. The highest BCUT2D eigenvalue weighted by atomic mass is 35.5. The zero-order valence-electron chi connectivity index (χ0n) is 13.5. The summed E-state index contributed by atoms with van der Waals surface area (Å²) in [5.41, 5.74) is -0.733. The molecule has 0 unspecified atom stereocenters. The lowest BCUT2D eigenvalue weighted by Crippen LogP contribution is -2.54. The van der Waals surface area contributed by atoms with Crippen LogP contribution in [0.1, 0.15) is 32.6 Å². The number of hydrogen-bond acceptors (Lipinski definition) is 3. The van der Waals surface area contributed by atoms with E-state index in [9.17, 15) is 9.59 Å². The second-order valence-electron chi connectivity index (χ2n) is 6.43. The van der Waals surface area contributed by atoms with Gasteiger partial charge in [0.05, 0.1) is 11.6 Å². The van der Waals surface area contributed by atoms with Gasteiger partial charge in [-0.15, -0.1) is 0 Å². The quantitative estimate of drug-likeness (QED) is 0.818. The van der Waals surface area contributed by atoms with E-state index in [1.54, 1.807) is 18.2 Å². The Kier molecular flexibility index (Phi) is 4.92. The van der Waals surface area contributed by atoms with Crippen molar-refractivity contribution in [2.45, 2.75) is 38.1 Å². The Labute approximate surface area is 151 Å². The van der Waals surface area contributed by atoms with E-state index in [1.165, 1.54) is 4.90 Å². The summed E-state index contributed by atoms with van der Waals surface area (Å²) >= 11 is 12.0. The molecule has 24 heavy (non-hydrogen) atoms. The maximum atomic E-state index is 12.8. The molecule has 1 aliphatic heterocycles. The van der Waals surface area contributed by atoms with Gasteiger partial charge in [0.1, 0.15) is 17.9 Å². The second kappa shape index (κ2) is 6.81. The number of halogens is 2. The number of carbonyl (C=O) groups excluding carboxylic acids is 2. The first-order valence-electron chi connectivity index (χ1n) is 8.16. The number of nitrogens with zero attached hydrogens (tertiary/aromatic N) is 1. The van der Waals surface area contributed by atoms with Crippen molar-refractivity contribution < 1.29 is 14.3 Å². The molecule has 3 rings (SSSR count). The summed E-state index contributed by atoms with van der Waals surface area (Å²) in [5.74, 6) is 0.452. The number of rotatable bonds is 4. The number of nitrogens with one attached hydrogen (secondary N) is 1. The first kappa shape index (κ1) is 17.4. The van der Waals surface area contributed by atoms with Crippen molar-refractivity contribution in [2.24, 2.45) is 5.92 Å². The number of benzene rings is 1. The predicted octanol–water partition coefficient (Wildman–Crippen LogP) is 3.87. The van der Waals surface area contributed by atoms with Gasteiger partial charge < -0.3 is 10.1 Å². The number of carbonyl (C=O) groups is 2. The Balaban J connectivity index is 1.64. The van der Waals surface area contributed by atoms with Gasteiger partial charge in [0.2, 0.25) is 0 Å². The van der Waals surface area contributed by atoms with E-state index in [1.807, 2.05) is 6.92 Å². The monoisotopic (exact) mass is 370 g/mol. The van der Waals surface area contributed by atoms with Gasteiger partial charge in [-0.25, -0.2) is 4.79 Å². The summed E-state index contributed by atoms with van der Waals surface area (Å²) in [6.45, 7) is 2.38. The standard InChI is InChI=1S/C17H20Cl2N2O3/c1-11-4-2-3-7-17(11)15(22)21(16(23)20-17)8-9-24-14-10-12(18)5-6-13(14)19/h5-6,10-11H,2-4,7-9H2,1H3,(H,20,23)/t11-,17-/m1/s1. The lowest BCUT2D eigenvalue weighted by Gasteiger charge is -2.36. The summed E-state index contributed by atoms with van der Waals surface area (Å²) in [5, 5.41) is 3.87. The summed E-state index contributed by atoms with van der Waals surface area (Å²) in [4.78, 5) is 26.3. The fourth-order valence-corrected chi connectivity index (χ4v) is 3.87. The Morgan fingerprint density at radius 3 is 2.88 bits per heavy atom. The number of urea groups is 1. The summed E-state index contributed by atoms with van der Waals surface area (Å²) in [6.07, 6.45) is 3.71. The summed E-state index contributed by atoms with van der Waals surface area (Å²) in [7, 11) is 0. The predicted molar refractivity (Wildman–Crippen MR) is 92.6 cm³/mol. The zero-order valence-corrected chi connectivity index (χ0v) is 15.0. The Bertz CT molecular complexity index is 667. The average Bonchev–Trinajstić information content (AvgIpc) is 2.78. The van der Waals surface area contributed by atoms with E-state index in [0.717, 1.165) is 19.3 Å². The van der Waals surface area contributed by atoms with Crippen LogP contribution < -0.4 is 10.1 Å². The molecule has 1 N–H and O–H groups in total. The third-order valence-corrected chi connectivity index (χ3v) is 5.51. The van der Waals surface area contributed by atoms with Crippen molar-refractivity contribution in [3.05, 3.63) is 28.2 Å². The first-order chi connectivity index (χ1) is 11.4. The lowest BCUT2D eigenvalue weighted by molar-refractivity contribution is -0.134. The fourth-order valence-electron chi connectivity index (χ4n) is 3.53. The van der Waals surface area contributed by atoms with Crippen molar-refractivity contribution in [3.63, 3.8) is 0 Å². The highest BCUT2D eigenvalue weighted by molar-refractivity contribution is 6.34. The molecule has 5 nitrogen and oxygen atoms in total. The van der Waals surface area contributed by atoms with Crippen molar-refractivity contribution >= 4 is 35.1 Å². The molecule has 7 heteroatoms. The number of imide groups is 1. The van der Waals surface area contributed by atoms with Gasteiger partial charge in [-0.1, -0.05) is 43.0 Å². The Morgan fingerprint density at radius 2 is 2.12 bits per heavy atom. The van der Waals surface area contributed by atoms with E-state index in [2.05, 4.69) is 5.32 Å². The highest BCUT2D eigenvalue weighted by Crippen LogP contribution is 2.38. The van der Waals surface area contributed by atoms with Gasteiger partial charge >= 0.3 is 6.03 Å². The van der Waals surface area contributed by atoms with Crippen LogP contribution in [0, 0.1) is 5.92 Å². The van der Waals surface area contributed by atoms with Crippen LogP contribution >= 0.6 is 23.2 Å². The maximum Gasteiger partial charge on any atom is 0.325 e. The number of hydrogen-bond donors (Lipinski definition) is 1. The Morgan fingerprint density at radius 1 is 1.33 bits per heavy atom. The van der Waals surface area contributed by atoms with Crippen molar-refractivity contribution in [1.29, 1.82) is 0 Å². The molecule has 0 radical (unpaired) electrons. The Hall–Kier alpha value is -1.46. The van der Waals surface area contributed by atoms with Gasteiger partial charge in [0.25, 0.3) is 5.91 Å². The minimum Gasteiger partial charge on any atom is -0.490 e. The van der Waals surface area contributed by atoms with Crippen LogP contribution in [0.25, 0.3) is 0 Å². The molecular formula is C17H20Cl2N2O3. The van der Waals surface area contributed by atoms with Crippen LogP contribution in [0.3, 0.4) is 0 Å². The van der Waals surface area contributed by atoms with E-state index in [0.29, 0.717) is 22.2 Å². The minimum absolute atomic E-state index is 0.138. The molecule has 2 fully saturated rings. The number of ether oxygens (including phenoxy) is 1. The molecule has 1 aliphatic carbocycles. The van der Waals surface area contributed by atoms with Crippen LogP contribution in [0.4, 0.5) is 4.79 Å². The first-order valence-corrected chi connectivity index (χ1v) is 8.91. The average molecular weight is 371 g/mol. The molecule has 1 saturated carbocycles. The van der Waals surface area contributed by atoms with Crippen LogP contribution in [-0.2, 0) is 4.79 Å². The van der Waals surface area contributed by atoms with Gasteiger partial charge in [0.15, 0.2) is 0 Å². The molecule has 130 valence electrons. The van der Waals surface area contributed by atoms with Gasteiger partial charge in [-0.05, 0) is 30.9 Å². The maximum absolute atomic E-state index is 12.8. The van der Waals surface area contributed by atoms with Gasteiger partial charge in [-0.2, -0.15) is 0 Å². The van der Waals surface area contributed by atoms with Crippen molar-refractivity contribution in [2.75, 3.05) is 13.2 Å². The molecule has 1 saturated heterocycles. The van der Waals surface area contributed by atoms with E-state index in [-0.39, 0.29) is 31.0 Å². The van der Waals surface area contributed by atoms with Crippen molar-refractivity contribution in [1.82, 2.24) is 10.2 Å². The molecule has 2 atom stereocenters. The van der Waals surface area contributed by atoms with Crippen LogP contribution in [0.5, 0.6) is 5.75 Å². The summed E-state index contributed by atoms with van der Waals surface area (Å²) in [6, 6.07) is 4.59. The van der Waals surface area contributed by atoms with Gasteiger partial charge in [0, 0.05) is 11.1 Å². The molecule has 2 aliphatic rings. The highest BCUT2D eigenvalue weighted by Gasteiger charge is 2.54. The minimum atomic E-state index is -0.733. The summed E-state index contributed by atoms with van der Waals surface area (Å²) < 4.78 is 5.59. The van der Waals surface area contributed by atoms with Crippen molar-refractivity contribution in [3.8, 4) is 5.75 Å². The van der Waals surface area contributed by atoms with Gasteiger partial charge in [-0.3, -0.25) is 9.69 Å². The van der Waals surface area contributed by atoms with Crippen LogP contribution in [-0.4, -0.2) is 35.5 Å². The van der Waals surface area contributed by atoms with Crippen LogP contribution in [0.2, 0.25) is 10.0 Å². The van der Waals surface area contributed by atoms with E-state index < -0.39 is 5.54 Å². The second-order valence-corrected chi connectivity index (χ2v) is 7.27. The molecule has 1 spiro atoms. The molecule has 1 aromatic carbocycles. The van der Waals surface area contributed by atoms with Crippen LogP contribution in [0.15, 0.2) is 18.2 Å². The SMILES string of the molecule is C[C@@H]1CCCC[C@@]12NC(=O)N(CCOc1cc(Cl)ccc1Cl)C2=O. The van der Waals surface area contributed by atoms with E-state index in [4.69, 9.17) is 27.9 Å². The molecule has 0 bridgehead atoms. The third-order valence-electron chi connectivity index (χ3n) is 4.97.